The van der Waals surface area contributed by atoms with E-state index in [9.17, 15) is 4.79 Å². The lowest BCUT2D eigenvalue weighted by atomic mass is 10.3. The molecule has 0 aromatic carbocycles. The molecule has 1 aromatic rings. The average Bonchev–Trinajstić information content (AvgIpc) is 2.51. The number of rotatable bonds is 2. The monoisotopic (exact) mass is 195 g/mol. The van der Waals surface area contributed by atoms with Crippen LogP contribution in [0.5, 0.6) is 5.75 Å². The Hall–Kier alpha value is -1.47. The minimum Gasteiger partial charge on any atom is -0.507 e. The highest BCUT2D eigenvalue weighted by Gasteiger charge is 2.09. The normalized spacial score (nSPS) is 11.7. The van der Waals surface area contributed by atoms with Crippen molar-refractivity contribution in [3.05, 3.63) is 16.3 Å². The Balaban J connectivity index is 2.65. The standard InChI is InChI=1S/C9H9NO2S/c1-3-6(2)10-9(12)8-4-7(11)5-13-8/h1,4-6,11H,2H3,(H,10,12). The third-order valence-corrected chi connectivity index (χ3v) is 2.32. The summed E-state index contributed by atoms with van der Waals surface area (Å²) in [5, 5.41) is 13.1. The van der Waals surface area contributed by atoms with Gasteiger partial charge >= 0.3 is 0 Å². The van der Waals surface area contributed by atoms with Crippen molar-refractivity contribution in [1.82, 2.24) is 5.32 Å². The van der Waals surface area contributed by atoms with E-state index in [-0.39, 0.29) is 17.7 Å². The Labute approximate surface area is 80.4 Å². The summed E-state index contributed by atoms with van der Waals surface area (Å²) < 4.78 is 0. The Bertz CT molecular complexity index is 351. The lowest BCUT2D eigenvalue weighted by Gasteiger charge is -2.04. The van der Waals surface area contributed by atoms with Crippen molar-refractivity contribution in [2.24, 2.45) is 0 Å². The van der Waals surface area contributed by atoms with Crippen LogP contribution in [0.4, 0.5) is 0 Å². The van der Waals surface area contributed by atoms with Gasteiger partial charge in [-0.3, -0.25) is 4.79 Å². The molecular formula is C9H9NO2S. The molecule has 0 aliphatic rings. The summed E-state index contributed by atoms with van der Waals surface area (Å²) in [5.74, 6) is 2.23. The summed E-state index contributed by atoms with van der Waals surface area (Å²) in [6.45, 7) is 1.71. The highest BCUT2D eigenvalue weighted by molar-refractivity contribution is 7.12. The van der Waals surface area contributed by atoms with Crippen LogP contribution < -0.4 is 5.32 Å². The van der Waals surface area contributed by atoms with Crippen molar-refractivity contribution in [3.8, 4) is 18.1 Å². The van der Waals surface area contributed by atoms with E-state index in [0.717, 1.165) is 0 Å². The number of hydrogen-bond donors (Lipinski definition) is 2. The zero-order valence-electron chi connectivity index (χ0n) is 7.07. The van der Waals surface area contributed by atoms with Crippen LogP contribution in [0, 0.1) is 12.3 Å². The molecule has 4 heteroatoms. The van der Waals surface area contributed by atoms with E-state index in [0.29, 0.717) is 4.88 Å². The maximum Gasteiger partial charge on any atom is 0.262 e. The van der Waals surface area contributed by atoms with Gasteiger partial charge in [-0.25, -0.2) is 0 Å². The molecule has 0 bridgehead atoms. The van der Waals surface area contributed by atoms with E-state index >= 15 is 0 Å². The smallest absolute Gasteiger partial charge is 0.262 e. The van der Waals surface area contributed by atoms with E-state index < -0.39 is 0 Å². The molecule has 0 spiro atoms. The van der Waals surface area contributed by atoms with Crippen molar-refractivity contribution >= 4 is 17.2 Å². The molecule has 0 aliphatic heterocycles. The first-order valence-corrected chi connectivity index (χ1v) is 4.56. The molecular weight excluding hydrogens is 186 g/mol. The number of nitrogens with one attached hydrogen (secondary N) is 1. The van der Waals surface area contributed by atoms with Crippen LogP contribution in [0.3, 0.4) is 0 Å². The second kappa shape index (κ2) is 3.97. The predicted octanol–water partition coefficient (Wildman–Crippen LogP) is 1.21. The van der Waals surface area contributed by atoms with Gasteiger partial charge in [0, 0.05) is 11.4 Å². The molecule has 3 nitrogen and oxygen atoms in total. The lowest BCUT2D eigenvalue weighted by molar-refractivity contribution is 0.0952. The molecule has 0 saturated heterocycles. The number of terminal acetylenes is 1. The molecule has 1 amide bonds. The van der Waals surface area contributed by atoms with Crippen LogP contribution in [0.25, 0.3) is 0 Å². The predicted molar refractivity (Wildman–Crippen MR) is 51.7 cm³/mol. The second-order valence-electron chi connectivity index (χ2n) is 2.53. The molecule has 0 saturated carbocycles. The van der Waals surface area contributed by atoms with Gasteiger partial charge in [0.25, 0.3) is 5.91 Å². The number of carbonyl (C=O) groups is 1. The van der Waals surface area contributed by atoms with Crippen LogP contribution in [0.1, 0.15) is 16.6 Å². The molecule has 2 N–H and O–H groups in total. The third kappa shape index (κ3) is 2.49. The summed E-state index contributed by atoms with van der Waals surface area (Å²) in [7, 11) is 0. The zero-order chi connectivity index (χ0) is 9.84. The van der Waals surface area contributed by atoms with Crippen LogP contribution in [-0.4, -0.2) is 17.1 Å². The number of amides is 1. The molecule has 0 aliphatic carbocycles. The van der Waals surface area contributed by atoms with Crippen molar-refractivity contribution in [3.63, 3.8) is 0 Å². The SMILES string of the molecule is C#CC(C)NC(=O)c1cc(O)cs1. The Morgan fingerprint density at radius 1 is 1.85 bits per heavy atom. The number of hydrogen-bond acceptors (Lipinski definition) is 3. The Morgan fingerprint density at radius 2 is 2.54 bits per heavy atom. The average molecular weight is 195 g/mol. The molecule has 1 atom stereocenters. The van der Waals surface area contributed by atoms with Gasteiger partial charge in [-0.05, 0) is 6.92 Å². The fraction of sp³-hybridized carbons (Fsp3) is 0.222. The van der Waals surface area contributed by atoms with E-state index in [1.165, 1.54) is 22.8 Å². The largest absolute Gasteiger partial charge is 0.507 e. The van der Waals surface area contributed by atoms with Crippen molar-refractivity contribution in [2.75, 3.05) is 0 Å². The van der Waals surface area contributed by atoms with Crippen LogP contribution in [0.2, 0.25) is 0 Å². The first-order chi connectivity index (χ1) is 6.13. The van der Waals surface area contributed by atoms with Crippen LogP contribution in [0.15, 0.2) is 11.4 Å². The van der Waals surface area contributed by atoms with Gasteiger partial charge < -0.3 is 10.4 Å². The minimum absolute atomic E-state index is 0.100. The zero-order valence-corrected chi connectivity index (χ0v) is 7.89. The minimum atomic E-state index is -0.295. The molecule has 1 rings (SSSR count). The quantitative estimate of drug-likeness (QED) is 0.697. The fourth-order valence-corrected chi connectivity index (χ4v) is 1.43. The van der Waals surface area contributed by atoms with Gasteiger partial charge in [0.15, 0.2) is 0 Å². The molecule has 0 fully saturated rings. The molecule has 1 heterocycles. The summed E-state index contributed by atoms with van der Waals surface area (Å²) in [6.07, 6.45) is 5.09. The van der Waals surface area contributed by atoms with Gasteiger partial charge in [-0.1, -0.05) is 5.92 Å². The number of thiophene rings is 1. The summed E-state index contributed by atoms with van der Waals surface area (Å²) >= 11 is 1.18. The number of aromatic hydroxyl groups is 1. The van der Waals surface area contributed by atoms with Crippen molar-refractivity contribution < 1.29 is 9.90 Å². The maximum absolute atomic E-state index is 11.3. The molecule has 13 heavy (non-hydrogen) atoms. The molecule has 1 unspecified atom stereocenters. The van der Waals surface area contributed by atoms with Crippen molar-refractivity contribution in [1.29, 1.82) is 0 Å². The summed E-state index contributed by atoms with van der Waals surface area (Å²) in [5.41, 5.74) is 0. The summed E-state index contributed by atoms with van der Waals surface area (Å²) in [4.78, 5) is 11.8. The fourth-order valence-electron chi connectivity index (χ4n) is 0.755. The van der Waals surface area contributed by atoms with Crippen LogP contribution >= 0.6 is 11.3 Å². The second-order valence-corrected chi connectivity index (χ2v) is 3.44. The van der Waals surface area contributed by atoms with Crippen molar-refractivity contribution in [2.45, 2.75) is 13.0 Å². The molecule has 0 radical (unpaired) electrons. The van der Waals surface area contributed by atoms with E-state index in [1.54, 1.807) is 6.92 Å². The Morgan fingerprint density at radius 3 is 3.00 bits per heavy atom. The first kappa shape index (κ1) is 9.62. The van der Waals surface area contributed by atoms with Gasteiger partial charge in [-0.2, -0.15) is 0 Å². The highest BCUT2D eigenvalue weighted by Crippen LogP contribution is 2.19. The topological polar surface area (TPSA) is 49.3 Å². The third-order valence-electron chi connectivity index (χ3n) is 1.41. The van der Waals surface area contributed by atoms with Gasteiger partial charge in [-0.15, -0.1) is 17.8 Å². The molecule has 68 valence electrons. The van der Waals surface area contributed by atoms with Gasteiger partial charge in [0.1, 0.15) is 5.75 Å². The lowest BCUT2D eigenvalue weighted by Crippen LogP contribution is -2.30. The summed E-state index contributed by atoms with van der Waals surface area (Å²) in [6, 6.07) is 1.11. The number of carbonyl (C=O) groups excluding carboxylic acids is 1. The van der Waals surface area contributed by atoms with E-state index in [4.69, 9.17) is 11.5 Å². The first-order valence-electron chi connectivity index (χ1n) is 3.68. The van der Waals surface area contributed by atoms with Crippen LogP contribution in [-0.2, 0) is 0 Å². The van der Waals surface area contributed by atoms with Gasteiger partial charge in [0.05, 0.1) is 10.9 Å². The maximum atomic E-state index is 11.3. The van der Waals surface area contributed by atoms with E-state index in [2.05, 4.69) is 11.2 Å². The highest BCUT2D eigenvalue weighted by atomic mass is 32.1. The Kier molecular flexibility index (Phi) is 2.93. The van der Waals surface area contributed by atoms with E-state index in [1.807, 2.05) is 0 Å². The van der Waals surface area contributed by atoms with Gasteiger partial charge in [0.2, 0.25) is 0 Å². The molecule has 1 aromatic heterocycles.